The van der Waals surface area contributed by atoms with E-state index in [4.69, 9.17) is 16.2 Å². The SMILES string of the molecule is CC(C)(C)OC(=O)N[C@@H]1CCCN(c2cc(-c3ccc(C(N)=O)c(F)n3)n3ncnc(N)c23)C1. The number of alkyl carbamates (subject to hydrolysis) is 1. The van der Waals surface area contributed by atoms with Crippen molar-refractivity contribution in [3.05, 3.63) is 36.0 Å². The first-order valence-electron chi connectivity index (χ1n) is 10.9. The molecule has 1 aliphatic rings. The molecule has 2 amide bonds. The van der Waals surface area contributed by atoms with Crippen molar-refractivity contribution in [2.75, 3.05) is 23.7 Å². The van der Waals surface area contributed by atoms with E-state index in [9.17, 15) is 14.0 Å². The lowest BCUT2D eigenvalue weighted by atomic mass is 10.1. The molecular formula is C22H27FN8O3. The molecule has 1 fully saturated rings. The first-order valence-corrected chi connectivity index (χ1v) is 10.9. The Hall–Kier alpha value is -3.96. The van der Waals surface area contributed by atoms with Crippen molar-refractivity contribution in [2.45, 2.75) is 45.3 Å². The van der Waals surface area contributed by atoms with Gasteiger partial charge < -0.3 is 26.4 Å². The highest BCUT2D eigenvalue weighted by atomic mass is 19.1. The van der Waals surface area contributed by atoms with Crippen LogP contribution < -0.4 is 21.7 Å². The van der Waals surface area contributed by atoms with Gasteiger partial charge in [0.25, 0.3) is 5.91 Å². The third-order valence-electron chi connectivity index (χ3n) is 5.42. The molecule has 1 aliphatic heterocycles. The number of rotatable bonds is 4. The summed E-state index contributed by atoms with van der Waals surface area (Å²) in [6.07, 6.45) is 2.44. The number of hydrogen-bond acceptors (Lipinski definition) is 8. The Balaban J connectivity index is 1.68. The molecule has 0 radical (unpaired) electrons. The maximum atomic E-state index is 14.4. The van der Waals surface area contributed by atoms with Gasteiger partial charge in [0.05, 0.1) is 22.6 Å². The van der Waals surface area contributed by atoms with Gasteiger partial charge in [0.15, 0.2) is 5.82 Å². The summed E-state index contributed by atoms with van der Waals surface area (Å²) in [5.74, 6) is -1.63. The summed E-state index contributed by atoms with van der Waals surface area (Å²) in [4.78, 5) is 33.7. The molecule has 180 valence electrons. The molecule has 11 nitrogen and oxygen atoms in total. The lowest BCUT2D eigenvalue weighted by molar-refractivity contribution is 0.0500. The number of fused-ring (bicyclic) bond motifs is 1. The summed E-state index contributed by atoms with van der Waals surface area (Å²) < 4.78 is 21.3. The molecule has 4 rings (SSSR count). The van der Waals surface area contributed by atoms with Crippen LogP contribution in [-0.4, -0.2) is 56.3 Å². The van der Waals surface area contributed by atoms with Crippen LogP contribution in [0.4, 0.5) is 20.7 Å². The zero-order valence-corrected chi connectivity index (χ0v) is 19.2. The summed E-state index contributed by atoms with van der Waals surface area (Å²) in [5, 5.41) is 7.21. The maximum absolute atomic E-state index is 14.4. The number of carbonyl (C=O) groups is 2. The second kappa shape index (κ2) is 8.76. The van der Waals surface area contributed by atoms with E-state index in [2.05, 4.69) is 25.3 Å². The summed E-state index contributed by atoms with van der Waals surface area (Å²) in [6.45, 7) is 6.65. The zero-order chi connectivity index (χ0) is 24.6. The topological polar surface area (TPSA) is 154 Å². The summed E-state index contributed by atoms with van der Waals surface area (Å²) in [5.41, 5.74) is 12.5. The highest BCUT2D eigenvalue weighted by Gasteiger charge is 2.28. The minimum absolute atomic E-state index is 0.140. The van der Waals surface area contributed by atoms with Crippen molar-refractivity contribution in [3.8, 4) is 11.4 Å². The van der Waals surface area contributed by atoms with Gasteiger partial charge in [0.1, 0.15) is 17.4 Å². The number of halogens is 1. The molecule has 0 unspecified atom stereocenters. The van der Waals surface area contributed by atoms with Crippen LogP contribution in [0, 0.1) is 5.95 Å². The minimum atomic E-state index is -0.969. The summed E-state index contributed by atoms with van der Waals surface area (Å²) >= 11 is 0. The first-order chi connectivity index (χ1) is 16.0. The van der Waals surface area contributed by atoms with Crippen molar-refractivity contribution in [1.82, 2.24) is 24.9 Å². The van der Waals surface area contributed by atoms with Gasteiger partial charge in [-0.15, -0.1) is 0 Å². The summed E-state index contributed by atoms with van der Waals surface area (Å²) in [7, 11) is 0. The monoisotopic (exact) mass is 470 g/mol. The fourth-order valence-corrected chi connectivity index (χ4v) is 4.02. The van der Waals surface area contributed by atoms with Crippen LogP contribution in [0.5, 0.6) is 0 Å². The van der Waals surface area contributed by atoms with Crippen LogP contribution in [0.2, 0.25) is 0 Å². The second-order valence-electron chi connectivity index (χ2n) is 9.15. The van der Waals surface area contributed by atoms with Crippen LogP contribution >= 0.6 is 0 Å². The normalized spacial score (nSPS) is 16.5. The zero-order valence-electron chi connectivity index (χ0n) is 19.2. The van der Waals surface area contributed by atoms with E-state index in [1.165, 1.54) is 23.0 Å². The number of aromatic nitrogens is 4. The van der Waals surface area contributed by atoms with Gasteiger partial charge in [-0.05, 0) is 51.8 Å². The predicted molar refractivity (Wildman–Crippen MR) is 124 cm³/mol. The molecule has 0 aliphatic carbocycles. The molecule has 1 atom stereocenters. The number of carbonyl (C=O) groups excluding carboxylic acids is 2. The lowest BCUT2D eigenvalue weighted by Crippen LogP contribution is -2.49. The predicted octanol–water partition coefficient (Wildman–Crippen LogP) is 2.10. The van der Waals surface area contributed by atoms with Crippen molar-refractivity contribution < 1.29 is 18.7 Å². The number of nitrogens with one attached hydrogen (secondary N) is 1. The van der Waals surface area contributed by atoms with Crippen molar-refractivity contribution in [3.63, 3.8) is 0 Å². The van der Waals surface area contributed by atoms with Gasteiger partial charge in [-0.3, -0.25) is 4.79 Å². The Morgan fingerprint density at radius 3 is 2.74 bits per heavy atom. The number of amides is 2. The van der Waals surface area contributed by atoms with Crippen LogP contribution in [0.3, 0.4) is 0 Å². The average molecular weight is 471 g/mol. The van der Waals surface area contributed by atoms with Crippen LogP contribution in [0.1, 0.15) is 44.0 Å². The number of hydrogen-bond donors (Lipinski definition) is 3. The van der Waals surface area contributed by atoms with Crippen molar-refractivity contribution in [2.24, 2.45) is 5.73 Å². The van der Waals surface area contributed by atoms with Crippen molar-refractivity contribution in [1.29, 1.82) is 0 Å². The van der Waals surface area contributed by atoms with Gasteiger partial charge in [-0.1, -0.05) is 0 Å². The molecule has 0 aromatic carbocycles. The number of pyridine rings is 1. The second-order valence-corrected chi connectivity index (χ2v) is 9.15. The maximum Gasteiger partial charge on any atom is 0.407 e. The van der Waals surface area contributed by atoms with E-state index >= 15 is 0 Å². The van der Waals surface area contributed by atoms with Gasteiger partial charge in [-0.2, -0.15) is 9.49 Å². The van der Waals surface area contributed by atoms with E-state index < -0.39 is 23.5 Å². The highest BCUT2D eigenvalue weighted by molar-refractivity contribution is 5.93. The minimum Gasteiger partial charge on any atom is -0.444 e. The van der Waals surface area contributed by atoms with Gasteiger partial charge in [-0.25, -0.2) is 19.3 Å². The third kappa shape index (κ3) is 4.70. The third-order valence-corrected chi connectivity index (χ3v) is 5.42. The van der Waals surface area contributed by atoms with E-state index in [0.717, 1.165) is 18.5 Å². The number of piperidine rings is 1. The van der Waals surface area contributed by atoms with Crippen LogP contribution in [-0.2, 0) is 4.74 Å². The van der Waals surface area contributed by atoms with Crippen molar-refractivity contribution >= 4 is 29.0 Å². The van der Waals surface area contributed by atoms with E-state index in [0.29, 0.717) is 24.3 Å². The Bertz CT molecular complexity index is 1250. The number of nitrogens with zero attached hydrogens (tertiary/aromatic N) is 5. The van der Waals surface area contributed by atoms with E-state index in [-0.39, 0.29) is 23.1 Å². The van der Waals surface area contributed by atoms with Gasteiger partial charge >= 0.3 is 6.09 Å². The molecule has 0 bridgehead atoms. The largest absolute Gasteiger partial charge is 0.444 e. The molecule has 0 spiro atoms. The quantitative estimate of drug-likeness (QED) is 0.490. The molecule has 4 heterocycles. The average Bonchev–Trinajstić information content (AvgIpc) is 3.13. The summed E-state index contributed by atoms with van der Waals surface area (Å²) in [6, 6.07) is 4.43. The number of nitrogen functional groups attached to an aromatic ring is 1. The molecule has 3 aromatic heterocycles. The standard InChI is InChI=1S/C22H27FN8O3/c1-22(2,3)34-21(33)28-12-5-4-8-30(10-12)16-9-15(31-17(16)19(24)26-11-27-31)14-7-6-13(20(25)32)18(23)29-14/h6-7,9,11-12H,4-5,8,10H2,1-3H3,(H2,25,32)(H,28,33)(H2,24,26,27)/t12-/m1/s1. The molecule has 0 saturated carbocycles. The molecular weight excluding hydrogens is 443 g/mol. The number of nitrogens with two attached hydrogens (primary N) is 2. The van der Waals surface area contributed by atoms with E-state index in [1.54, 1.807) is 6.07 Å². The Morgan fingerprint density at radius 1 is 1.29 bits per heavy atom. The van der Waals surface area contributed by atoms with Gasteiger partial charge in [0, 0.05) is 19.1 Å². The highest BCUT2D eigenvalue weighted by Crippen LogP contribution is 2.34. The number of anilines is 2. The van der Waals surface area contributed by atoms with Crippen LogP contribution in [0.15, 0.2) is 24.5 Å². The number of primary amides is 1. The fraction of sp³-hybridized carbons (Fsp3) is 0.409. The first kappa shape index (κ1) is 23.2. The molecule has 1 saturated heterocycles. The Morgan fingerprint density at radius 2 is 2.06 bits per heavy atom. The van der Waals surface area contributed by atoms with E-state index in [1.807, 2.05) is 20.8 Å². The molecule has 3 aromatic rings. The smallest absolute Gasteiger partial charge is 0.407 e. The number of ether oxygens (including phenoxy) is 1. The Kier molecular flexibility index (Phi) is 5.98. The molecule has 5 N–H and O–H groups in total. The fourth-order valence-electron chi connectivity index (χ4n) is 4.02. The molecule has 12 heteroatoms. The van der Waals surface area contributed by atoms with Crippen LogP contribution in [0.25, 0.3) is 16.9 Å². The Labute approximate surface area is 195 Å². The molecule has 34 heavy (non-hydrogen) atoms. The lowest BCUT2D eigenvalue weighted by Gasteiger charge is -2.34. The van der Waals surface area contributed by atoms with Gasteiger partial charge in [0.2, 0.25) is 5.95 Å².